The molecule has 0 fully saturated rings. The maximum Gasteiger partial charge on any atom is 0.331 e. The second-order valence-corrected chi connectivity index (χ2v) is 5.22. The number of methoxy groups -OCH3 is 1. The quantitative estimate of drug-likeness (QED) is 0.600. The molecular formula is C17H15BrO3. The van der Waals surface area contributed by atoms with Gasteiger partial charge >= 0.3 is 5.97 Å². The highest BCUT2D eigenvalue weighted by Gasteiger charge is 2.06. The van der Waals surface area contributed by atoms with Crippen molar-refractivity contribution in [2.45, 2.75) is 6.61 Å². The van der Waals surface area contributed by atoms with Gasteiger partial charge in [0.05, 0.1) is 7.11 Å². The molecule has 21 heavy (non-hydrogen) atoms. The van der Waals surface area contributed by atoms with Crippen LogP contribution in [0.25, 0.3) is 6.08 Å². The number of carbonyl (C=O) groups is 1. The molecule has 0 spiro atoms. The van der Waals surface area contributed by atoms with Crippen LogP contribution in [0.1, 0.15) is 11.1 Å². The van der Waals surface area contributed by atoms with E-state index in [0.29, 0.717) is 5.75 Å². The molecule has 2 aromatic carbocycles. The maximum absolute atomic E-state index is 11.7. The van der Waals surface area contributed by atoms with E-state index in [1.54, 1.807) is 13.2 Å². The first-order chi connectivity index (χ1) is 10.2. The second-order valence-electron chi connectivity index (χ2n) is 4.31. The zero-order valence-electron chi connectivity index (χ0n) is 11.6. The number of carbonyl (C=O) groups excluding carboxylic acids is 1. The van der Waals surface area contributed by atoms with Gasteiger partial charge in [-0.1, -0.05) is 46.3 Å². The van der Waals surface area contributed by atoms with E-state index >= 15 is 0 Å². The molecule has 0 atom stereocenters. The van der Waals surface area contributed by atoms with Crippen LogP contribution >= 0.6 is 15.9 Å². The summed E-state index contributed by atoms with van der Waals surface area (Å²) < 4.78 is 11.4. The van der Waals surface area contributed by atoms with Crippen LogP contribution in [-0.2, 0) is 16.1 Å². The molecule has 0 saturated heterocycles. The number of halogens is 1. The Hall–Kier alpha value is -2.07. The third-order valence-electron chi connectivity index (χ3n) is 2.82. The Kier molecular flexibility index (Phi) is 5.58. The Morgan fingerprint density at radius 2 is 1.95 bits per heavy atom. The van der Waals surface area contributed by atoms with E-state index in [1.807, 2.05) is 48.5 Å². The van der Waals surface area contributed by atoms with Gasteiger partial charge in [-0.15, -0.1) is 0 Å². The fourth-order valence-corrected chi connectivity index (χ4v) is 2.19. The minimum absolute atomic E-state index is 0.167. The molecule has 2 aromatic rings. The highest BCUT2D eigenvalue weighted by atomic mass is 79.9. The van der Waals surface area contributed by atoms with Crippen LogP contribution in [0.3, 0.4) is 0 Å². The van der Waals surface area contributed by atoms with Crippen molar-refractivity contribution >= 4 is 28.0 Å². The van der Waals surface area contributed by atoms with Crippen molar-refractivity contribution in [3.05, 3.63) is 70.2 Å². The fraction of sp³-hybridized carbons (Fsp3) is 0.118. The van der Waals surface area contributed by atoms with Crippen molar-refractivity contribution in [2.24, 2.45) is 0 Å². The Bertz CT molecular complexity index is 636. The summed E-state index contributed by atoms with van der Waals surface area (Å²) in [4.78, 5) is 11.7. The average Bonchev–Trinajstić information content (AvgIpc) is 2.52. The molecule has 3 nitrogen and oxygen atoms in total. The molecule has 0 bridgehead atoms. The third-order valence-corrected chi connectivity index (χ3v) is 3.32. The number of hydrogen-bond acceptors (Lipinski definition) is 3. The Morgan fingerprint density at radius 3 is 2.67 bits per heavy atom. The third kappa shape index (κ3) is 4.76. The highest BCUT2D eigenvalue weighted by Crippen LogP contribution is 2.23. The summed E-state index contributed by atoms with van der Waals surface area (Å²) in [5.41, 5.74) is 1.77. The Labute approximate surface area is 132 Å². The van der Waals surface area contributed by atoms with Crippen LogP contribution < -0.4 is 4.74 Å². The van der Waals surface area contributed by atoms with Crippen LogP contribution in [-0.4, -0.2) is 13.1 Å². The summed E-state index contributed by atoms with van der Waals surface area (Å²) in [5.74, 6) is 0.305. The van der Waals surface area contributed by atoms with Gasteiger partial charge in [-0.25, -0.2) is 4.79 Å². The minimum Gasteiger partial charge on any atom is -0.496 e. The van der Waals surface area contributed by atoms with Gasteiger partial charge in [-0.05, 0) is 29.8 Å². The van der Waals surface area contributed by atoms with E-state index in [0.717, 1.165) is 15.6 Å². The predicted octanol–water partition coefficient (Wildman–Crippen LogP) is 4.21. The first-order valence-electron chi connectivity index (χ1n) is 6.41. The summed E-state index contributed by atoms with van der Waals surface area (Å²) >= 11 is 3.38. The first kappa shape index (κ1) is 15.3. The van der Waals surface area contributed by atoms with Crippen LogP contribution in [0, 0.1) is 0 Å². The molecule has 0 N–H and O–H groups in total. The second kappa shape index (κ2) is 7.64. The van der Waals surface area contributed by atoms with Gasteiger partial charge in [0.2, 0.25) is 0 Å². The molecule has 0 aliphatic rings. The van der Waals surface area contributed by atoms with Gasteiger partial charge in [0.25, 0.3) is 0 Å². The van der Waals surface area contributed by atoms with Crippen LogP contribution in [0.15, 0.2) is 59.1 Å². The maximum atomic E-state index is 11.7. The largest absolute Gasteiger partial charge is 0.496 e. The summed E-state index contributed by atoms with van der Waals surface area (Å²) in [6.45, 7) is 0.167. The van der Waals surface area contributed by atoms with Crippen molar-refractivity contribution in [3.8, 4) is 5.75 Å². The number of hydrogen-bond donors (Lipinski definition) is 0. The van der Waals surface area contributed by atoms with E-state index in [4.69, 9.17) is 9.47 Å². The Morgan fingerprint density at radius 1 is 1.19 bits per heavy atom. The van der Waals surface area contributed by atoms with E-state index in [-0.39, 0.29) is 12.6 Å². The van der Waals surface area contributed by atoms with Gasteiger partial charge in [-0.2, -0.15) is 0 Å². The van der Waals surface area contributed by atoms with Gasteiger partial charge < -0.3 is 9.47 Å². The monoisotopic (exact) mass is 346 g/mol. The molecule has 0 amide bonds. The molecule has 0 aliphatic heterocycles. The van der Waals surface area contributed by atoms with Gasteiger partial charge in [-0.3, -0.25) is 0 Å². The van der Waals surface area contributed by atoms with Crippen molar-refractivity contribution in [2.75, 3.05) is 7.11 Å². The van der Waals surface area contributed by atoms with Crippen LogP contribution in [0.4, 0.5) is 0 Å². The van der Waals surface area contributed by atoms with E-state index in [2.05, 4.69) is 15.9 Å². The van der Waals surface area contributed by atoms with Crippen LogP contribution in [0.5, 0.6) is 5.75 Å². The molecule has 0 aliphatic carbocycles. The zero-order chi connectivity index (χ0) is 15.1. The first-order valence-corrected chi connectivity index (χ1v) is 7.20. The topological polar surface area (TPSA) is 35.5 Å². The number of benzene rings is 2. The molecule has 4 heteroatoms. The summed E-state index contributed by atoms with van der Waals surface area (Å²) in [7, 11) is 1.59. The Balaban J connectivity index is 1.95. The highest BCUT2D eigenvalue weighted by molar-refractivity contribution is 9.10. The average molecular weight is 347 g/mol. The van der Waals surface area contributed by atoms with Gasteiger partial charge in [0.15, 0.2) is 0 Å². The number of ether oxygens (including phenoxy) is 2. The zero-order valence-corrected chi connectivity index (χ0v) is 13.2. The van der Waals surface area contributed by atoms with E-state index in [1.165, 1.54) is 6.08 Å². The molecule has 0 saturated carbocycles. The molecule has 2 rings (SSSR count). The minimum atomic E-state index is -0.388. The summed E-state index contributed by atoms with van der Waals surface area (Å²) in [6.07, 6.45) is 3.14. The molecule has 0 aromatic heterocycles. The molecule has 0 radical (unpaired) electrons. The lowest BCUT2D eigenvalue weighted by Crippen LogP contribution is -2.02. The van der Waals surface area contributed by atoms with E-state index in [9.17, 15) is 4.79 Å². The predicted molar refractivity (Wildman–Crippen MR) is 86.0 cm³/mol. The number of esters is 1. The number of rotatable bonds is 5. The smallest absolute Gasteiger partial charge is 0.331 e. The standard InChI is InChI=1S/C17H15BrO3/c1-20-16-9-8-15(18)11-14(16)12-21-17(19)10-7-13-5-3-2-4-6-13/h2-11H,12H2,1H3/b10-7+. The lowest BCUT2D eigenvalue weighted by Gasteiger charge is -2.08. The summed E-state index contributed by atoms with van der Waals surface area (Å²) in [5, 5.41) is 0. The van der Waals surface area contributed by atoms with Crippen LogP contribution in [0.2, 0.25) is 0 Å². The van der Waals surface area contributed by atoms with Crippen molar-refractivity contribution in [1.82, 2.24) is 0 Å². The molecule has 108 valence electrons. The van der Waals surface area contributed by atoms with Gasteiger partial charge in [0.1, 0.15) is 12.4 Å². The summed E-state index contributed by atoms with van der Waals surface area (Å²) in [6, 6.07) is 15.2. The fourth-order valence-electron chi connectivity index (χ4n) is 1.79. The van der Waals surface area contributed by atoms with E-state index < -0.39 is 0 Å². The molecule has 0 unspecified atom stereocenters. The lowest BCUT2D eigenvalue weighted by atomic mass is 10.2. The van der Waals surface area contributed by atoms with Crippen molar-refractivity contribution < 1.29 is 14.3 Å². The van der Waals surface area contributed by atoms with Crippen molar-refractivity contribution in [1.29, 1.82) is 0 Å². The lowest BCUT2D eigenvalue weighted by molar-refractivity contribution is -0.138. The molecular weight excluding hydrogens is 332 g/mol. The molecule has 0 heterocycles. The van der Waals surface area contributed by atoms with Gasteiger partial charge in [0, 0.05) is 16.1 Å². The van der Waals surface area contributed by atoms with Crippen molar-refractivity contribution in [3.63, 3.8) is 0 Å². The SMILES string of the molecule is COc1ccc(Br)cc1COC(=O)/C=C/c1ccccc1. The normalized spacial score (nSPS) is 10.6.